The van der Waals surface area contributed by atoms with Crippen molar-refractivity contribution in [3.8, 4) is 5.75 Å². The molecule has 0 radical (unpaired) electrons. The molecule has 1 heterocycles. The first-order chi connectivity index (χ1) is 14.7. The molecular formula is C19H20F2N4O5S. The second kappa shape index (κ2) is 9.35. The lowest BCUT2D eigenvalue weighted by Crippen LogP contribution is -2.27. The number of hydrogen-bond acceptors (Lipinski definition) is 7. The van der Waals surface area contributed by atoms with Crippen LogP contribution in [-0.2, 0) is 10.0 Å². The Hall–Kier alpha value is -3.12. The maximum Gasteiger partial charge on any atom is 0.387 e. The number of hydrogen-bond donors (Lipinski definition) is 1. The number of sulfonamides is 1. The van der Waals surface area contributed by atoms with Crippen molar-refractivity contribution in [1.82, 2.24) is 4.31 Å². The monoisotopic (exact) mass is 454 g/mol. The molecule has 3 rings (SSSR count). The fourth-order valence-electron chi connectivity index (χ4n) is 3.16. The van der Waals surface area contributed by atoms with Crippen molar-refractivity contribution < 1.29 is 26.9 Å². The van der Waals surface area contributed by atoms with Gasteiger partial charge in [-0.05, 0) is 44.0 Å². The standard InChI is InChI=1S/C19H20F2N4O5S/c1-13(15-6-2-3-7-18(15)30-19(20)21)22-23-16-9-8-14(12-17(16)25(26)27)31(28,29)24-10-4-5-11-24/h2-3,6-9,12,19,23H,4-5,10-11H2,1H3/b22-13-. The van der Waals surface area contributed by atoms with Crippen molar-refractivity contribution in [2.45, 2.75) is 31.3 Å². The van der Waals surface area contributed by atoms with Gasteiger partial charge in [0.05, 0.1) is 15.5 Å². The summed E-state index contributed by atoms with van der Waals surface area (Å²) in [5, 5.41) is 15.5. The summed E-state index contributed by atoms with van der Waals surface area (Å²) in [5.41, 5.74) is 2.50. The molecule has 12 heteroatoms. The van der Waals surface area contributed by atoms with E-state index in [1.54, 1.807) is 6.07 Å². The van der Waals surface area contributed by atoms with E-state index < -0.39 is 27.2 Å². The first kappa shape index (κ1) is 22.6. The number of nitrogens with one attached hydrogen (secondary N) is 1. The van der Waals surface area contributed by atoms with E-state index in [0.717, 1.165) is 18.9 Å². The molecule has 166 valence electrons. The highest BCUT2D eigenvalue weighted by Crippen LogP contribution is 2.30. The van der Waals surface area contributed by atoms with Crippen molar-refractivity contribution in [2.75, 3.05) is 18.5 Å². The molecule has 1 fully saturated rings. The highest BCUT2D eigenvalue weighted by molar-refractivity contribution is 7.89. The maximum atomic E-state index is 12.7. The average Bonchev–Trinajstić information content (AvgIpc) is 3.27. The lowest BCUT2D eigenvalue weighted by Gasteiger charge is -2.15. The number of anilines is 1. The Morgan fingerprint density at radius 3 is 2.55 bits per heavy atom. The van der Waals surface area contributed by atoms with Crippen molar-refractivity contribution in [3.63, 3.8) is 0 Å². The van der Waals surface area contributed by atoms with Gasteiger partial charge >= 0.3 is 6.61 Å². The Balaban J connectivity index is 1.89. The van der Waals surface area contributed by atoms with E-state index in [2.05, 4.69) is 15.3 Å². The van der Waals surface area contributed by atoms with Crippen LogP contribution in [0.2, 0.25) is 0 Å². The van der Waals surface area contributed by atoms with E-state index in [1.165, 1.54) is 41.6 Å². The molecule has 0 bridgehead atoms. The molecule has 9 nitrogen and oxygen atoms in total. The van der Waals surface area contributed by atoms with E-state index in [9.17, 15) is 27.3 Å². The fourth-order valence-corrected chi connectivity index (χ4v) is 4.70. The first-order valence-electron chi connectivity index (χ1n) is 9.33. The van der Waals surface area contributed by atoms with Crippen LogP contribution in [0, 0.1) is 10.1 Å². The van der Waals surface area contributed by atoms with Gasteiger partial charge in [-0.3, -0.25) is 15.5 Å². The summed E-state index contributed by atoms with van der Waals surface area (Å²) < 4.78 is 56.3. The number of ether oxygens (including phenoxy) is 1. The molecular weight excluding hydrogens is 434 g/mol. The molecule has 0 saturated carbocycles. The van der Waals surface area contributed by atoms with Gasteiger partial charge in [0.2, 0.25) is 10.0 Å². The van der Waals surface area contributed by atoms with E-state index >= 15 is 0 Å². The SMILES string of the molecule is C/C(=N/Nc1ccc(S(=O)(=O)N2CCCC2)cc1[N+](=O)[O-])c1ccccc1OC(F)F. The number of alkyl halides is 2. The van der Waals surface area contributed by atoms with Gasteiger partial charge in [0.25, 0.3) is 5.69 Å². The van der Waals surface area contributed by atoms with Gasteiger partial charge in [-0.2, -0.15) is 18.2 Å². The molecule has 0 unspecified atom stereocenters. The second-order valence-corrected chi connectivity index (χ2v) is 8.67. The highest BCUT2D eigenvalue weighted by atomic mass is 32.2. The molecule has 0 atom stereocenters. The number of benzene rings is 2. The minimum atomic E-state index is -3.83. The normalized spacial score (nSPS) is 15.3. The lowest BCUT2D eigenvalue weighted by molar-refractivity contribution is -0.384. The van der Waals surface area contributed by atoms with Gasteiger partial charge in [-0.15, -0.1) is 0 Å². The minimum Gasteiger partial charge on any atom is -0.434 e. The molecule has 0 aromatic heterocycles. The Morgan fingerprint density at radius 1 is 1.23 bits per heavy atom. The van der Waals surface area contributed by atoms with Crippen LogP contribution < -0.4 is 10.2 Å². The van der Waals surface area contributed by atoms with Crippen LogP contribution in [0.4, 0.5) is 20.2 Å². The summed E-state index contributed by atoms with van der Waals surface area (Å²) in [6.45, 7) is -0.758. The van der Waals surface area contributed by atoms with Gasteiger partial charge < -0.3 is 4.74 Å². The van der Waals surface area contributed by atoms with Gasteiger partial charge in [0.15, 0.2) is 0 Å². The Labute approximate surface area is 177 Å². The number of hydrazone groups is 1. The number of nitrogens with zero attached hydrogens (tertiary/aromatic N) is 3. The summed E-state index contributed by atoms with van der Waals surface area (Å²) in [5.74, 6) is -0.0953. The van der Waals surface area contributed by atoms with E-state index in [1.807, 2.05) is 0 Å². The van der Waals surface area contributed by atoms with Crippen LogP contribution in [0.3, 0.4) is 0 Å². The lowest BCUT2D eigenvalue weighted by atomic mass is 10.1. The van der Waals surface area contributed by atoms with Crippen LogP contribution in [0.15, 0.2) is 52.5 Å². The number of nitro groups is 1. The Morgan fingerprint density at radius 2 is 1.90 bits per heavy atom. The molecule has 1 aliphatic heterocycles. The highest BCUT2D eigenvalue weighted by Gasteiger charge is 2.29. The summed E-state index contributed by atoms with van der Waals surface area (Å²) in [7, 11) is -3.83. The van der Waals surface area contributed by atoms with E-state index in [-0.39, 0.29) is 27.6 Å². The zero-order chi connectivity index (χ0) is 22.6. The van der Waals surface area contributed by atoms with E-state index in [0.29, 0.717) is 13.1 Å². The molecule has 0 amide bonds. The zero-order valence-electron chi connectivity index (χ0n) is 16.5. The van der Waals surface area contributed by atoms with Crippen LogP contribution in [0.5, 0.6) is 5.75 Å². The van der Waals surface area contributed by atoms with Crippen LogP contribution in [0.25, 0.3) is 0 Å². The Bertz CT molecular complexity index is 1100. The third-order valence-corrected chi connectivity index (χ3v) is 6.60. The largest absolute Gasteiger partial charge is 0.434 e. The fraction of sp³-hybridized carbons (Fsp3) is 0.316. The summed E-state index contributed by atoms with van der Waals surface area (Å²) in [6, 6.07) is 9.48. The zero-order valence-corrected chi connectivity index (χ0v) is 17.3. The van der Waals surface area contributed by atoms with Crippen molar-refractivity contribution in [1.29, 1.82) is 0 Å². The third-order valence-electron chi connectivity index (χ3n) is 4.71. The quantitative estimate of drug-likeness (QED) is 0.369. The smallest absolute Gasteiger partial charge is 0.387 e. The number of nitro benzene ring substituents is 1. The van der Waals surface area contributed by atoms with Crippen LogP contribution in [0.1, 0.15) is 25.3 Å². The van der Waals surface area contributed by atoms with Gasteiger partial charge in [0, 0.05) is 24.7 Å². The van der Waals surface area contributed by atoms with Crippen molar-refractivity contribution in [2.24, 2.45) is 5.10 Å². The molecule has 0 aliphatic carbocycles. The van der Waals surface area contributed by atoms with Crippen molar-refractivity contribution >= 4 is 27.1 Å². The van der Waals surface area contributed by atoms with Gasteiger partial charge in [-0.1, -0.05) is 12.1 Å². The number of para-hydroxylation sites is 1. The predicted octanol–water partition coefficient (Wildman–Crippen LogP) is 3.82. The summed E-state index contributed by atoms with van der Waals surface area (Å²) in [4.78, 5) is 10.6. The number of halogens is 2. The van der Waals surface area contributed by atoms with Crippen molar-refractivity contribution in [3.05, 3.63) is 58.1 Å². The maximum absolute atomic E-state index is 12.7. The predicted molar refractivity (Wildman–Crippen MR) is 110 cm³/mol. The molecule has 1 saturated heterocycles. The molecule has 31 heavy (non-hydrogen) atoms. The average molecular weight is 454 g/mol. The van der Waals surface area contributed by atoms with E-state index in [4.69, 9.17) is 0 Å². The minimum absolute atomic E-state index is 0.0445. The van der Waals surface area contributed by atoms with Crippen LogP contribution in [-0.4, -0.2) is 43.1 Å². The van der Waals surface area contributed by atoms with Gasteiger partial charge in [0.1, 0.15) is 11.4 Å². The second-order valence-electron chi connectivity index (χ2n) is 6.73. The first-order valence-corrected chi connectivity index (χ1v) is 10.8. The third kappa shape index (κ3) is 5.14. The number of rotatable bonds is 8. The van der Waals surface area contributed by atoms with Gasteiger partial charge in [-0.25, -0.2) is 8.42 Å². The molecule has 1 aliphatic rings. The summed E-state index contributed by atoms with van der Waals surface area (Å²) in [6.07, 6.45) is 1.48. The molecule has 2 aromatic rings. The Kier molecular flexibility index (Phi) is 6.81. The van der Waals surface area contributed by atoms with Crippen LogP contribution >= 0.6 is 0 Å². The molecule has 0 spiro atoms. The molecule has 2 aromatic carbocycles. The molecule has 1 N–H and O–H groups in total. The summed E-state index contributed by atoms with van der Waals surface area (Å²) >= 11 is 0. The topological polar surface area (TPSA) is 114 Å².